The molecule has 1 fully saturated rings. The molecule has 2 rings (SSSR count). The van der Waals surface area contributed by atoms with E-state index in [0.29, 0.717) is 6.04 Å². The molecule has 22 heavy (non-hydrogen) atoms. The zero-order valence-corrected chi connectivity index (χ0v) is 14.7. The van der Waals surface area contributed by atoms with Crippen LogP contribution in [0.1, 0.15) is 37.7 Å². The van der Waals surface area contributed by atoms with Crippen LogP contribution in [-0.4, -0.2) is 48.1 Å². The van der Waals surface area contributed by atoms with E-state index in [1.165, 1.54) is 37.7 Å². The maximum absolute atomic E-state index is 5.70. The summed E-state index contributed by atoms with van der Waals surface area (Å²) in [6.07, 6.45) is 6.55. The molecule has 1 N–H and O–H groups in total. The van der Waals surface area contributed by atoms with Crippen LogP contribution < -0.4 is 5.32 Å². The number of rotatable bonds is 6. The van der Waals surface area contributed by atoms with Gasteiger partial charge in [-0.05, 0) is 44.7 Å². The van der Waals surface area contributed by atoms with Gasteiger partial charge >= 0.3 is 0 Å². The molecular formula is C18H29N3S. The third-order valence-electron chi connectivity index (χ3n) is 4.25. The Morgan fingerprint density at radius 2 is 1.77 bits per heavy atom. The lowest BCUT2D eigenvalue weighted by molar-refractivity contribution is 0.314. The lowest BCUT2D eigenvalue weighted by Crippen LogP contribution is -2.46. The summed E-state index contributed by atoms with van der Waals surface area (Å²) in [5.74, 6) is 0. The highest BCUT2D eigenvalue weighted by Gasteiger charge is 2.17. The van der Waals surface area contributed by atoms with Gasteiger partial charge in [-0.2, -0.15) is 0 Å². The number of nitrogens with one attached hydrogen (secondary N) is 1. The van der Waals surface area contributed by atoms with Gasteiger partial charge < -0.3 is 15.1 Å². The van der Waals surface area contributed by atoms with Crippen LogP contribution in [0.5, 0.6) is 0 Å². The Labute approximate surface area is 140 Å². The molecule has 0 radical (unpaired) electrons. The van der Waals surface area contributed by atoms with Crippen molar-refractivity contribution in [3.8, 4) is 0 Å². The monoisotopic (exact) mass is 319 g/mol. The Morgan fingerprint density at radius 1 is 1.09 bits per heavy atom. The summed E-state index contributed by atoms with van der Waals surface area (Å²) in [7, 11) is 4.22. The molecule has 0 saturated heterocycles. The van der Waals surface area contributed by atoms with Crippen LogP contribution in [0.25, 0.3) is 0 Å². The maximum atomic E-state index is 5.70. The van der Waals surface area contributed by atoms with Gasteiger partial charge in [0.25, 0.3) is 0 Å². The molecule has 0 unspecified atom stereocenters. The minimum atomic E-state index is 0.568. The first-order chi connectivity index (χ1) is 10.6. The third kappa shape index (κ3) is 5.93. The second kappa shape index (κ2) is 9.11. The highest BCUT2D eigenvalue weighted by molar-refractivity contribution is 7.80. The number of nitrogens with zero attached hydrogens (tertiary/aromatic N) is 2. The molecule has 1 aliphatic rings. The molecule has 3 nitrogen and oxygen atoms in total. The van der Waals surface area contributed by atoms with Gasteiger partial charge in [-0.15, -0.1) is 0 Å². The van der Waals surface area contributed by atoms with E-state index >= 15 is 0 Å². The minimum absolute atomic E-state index is 0.568. The predicted octanol–water partition coefficient (Wildman–Crippen LogP) is 3.26. The quantitative estimate of drug-likeness (QED) is 0.811. The summed E-state index contributed by atoms with van der Waals surface area (Å²) in [5, 5.41) is 4.52. The van der Waals surface area contributed by atoms with Crippen molar-refractivity contribution in [3.63, 3.8) is 0 Å². The van der Waals surface area contributed by atoms with Gasteiger partial charge in [0, 0.05) is 25.7 Å². The van der Waals surface area contributed by atoms with Gasteiger partial charge in [-0.1, -0.05) is 49.6 Å². The van der Waals surface area contributed by atoms with Crippen LogP contribution in [0.4, 0.5) is 0 Å². The van der Waals surface area contributed by atoms with E-state index in [9.17, 15) is 0 Å². The average Bonchev–Trinajstić information content (AvgIpc) is 2.53. The van der Waals surface area contributed by atoms with Crippen molar-refractivity contribution in [1.82, 2.24) is 15.1 Å². The van der Waals surface area contributed by atoms with Crippen molar-refractivity contribution in [2.24, 2.45) is 0 Å². The topological polar surface area (TPSA) is 18.5 Å². The van der Waals surface area contributed by atoms with E-state index in [4.69, 9.17) is 12.2 Å². The number of benzene rings is 1. The van der Waals surface area contributed by atoms with Crippen molar-refractivity contribution in [2.75, 3.05) is 27.2 Å². The Balaban J connectivity index is 1.94. The van der Waals surface area contributed by atoms with Crippen molar-refractivity contribution in [2.45, 2.75) is 44.7 Å². The number of hydrogen-bond acceptors (Lipinski definition) is 2. The second-order valence-corrected chi connectivity index (χ2v) is 6.88. The largest absolute Gasteiger partial charge is 0.360 e. The molecule has 4 heteroatoms. The van der Waals surface area contributed by atoms with Crippen molar-refractivity contribution in [3.05, 3.63) is 35.9 Å². The minimum Gasteiger partial charge on any atom is -0.360 e. The molecule has 0 aromatic heterocycles. The van der Waals surface area contributed by atoms with Crippen molar-refractivity contribution >= 4 is 17.3 Å². The second-order valence-electron chi connectivity index (χ2n) is 6.49. The molecule has 0 aliphatic heterocycles. The zero-order chi connectivity index (χ0) is 15.8. The molecule has 1 saturated carbocycles. The molecular weight excluding hydrogens is 290 g/mol. The summed E-state index contributed by atoms with van der Waals surface area (Å²) >= 11 is 5.70. The summed E-state index contributed by atoms with van der Waals surface area (Å²) < 4.78 is 0. The van der Waals surface area contributed by atoms with Crippen molar-refractivity contribution < 1.29 is 0 Å². The van der Waals surface area contributed by atoms with Gasteiger partial charge in [0.05, 0.1) is 0 Å². The average molecular weight is 320 g/mol. The van der Waals surface area contributed by atoms with E-state index in [-0.39, 0.29) is 0 Å². The van der Waals surface area contributed by atoms with Crippen LogP contribution >= 0.6 is 12.2 Å². The summed E-state index contributed by atoms with van der Waals surface area (Å²) in [4.78, 5) is 4.51. The molecule has 122 valence electrons. The molecule has 0 heterocycles. The smallest absolute Gasteiger partial charge is 0.169 e. The molecule has 0 amide bonds. The molecule has 0 bridgehead atoms. The van der Waals surface area contributed by atoms with E-state index in [1.807, 2.05) is 0 Å². The first-order valence-corrected chi connectivity index (χ1v) is 8.80. The van der Waals surface area contributed by atoms with Gasteiger partial charge in [0.1, 0.15) is 0 Å². The molecule has 1 aliphatic carbocycles. The Bertz CT molecular complexity index is 441. The van der Waals surface area contributed by atoms with E-state index in [0.717, 1.165) is 24.7 Å². The molecule has 0 spiro atoms. The summed E-state index contributed by atoms with van der Waals surface area (Å²) in [6.45, 7) is 2.85. The van der Waals surface area contributed by atoms with Crippen LogP contribution in [-0.2, 0) is 6.54 Å². The normalized spacial score (nSPS) is 15.8. The van der Waals surface area contributed by atoms with Gasteiger partial charge in [0.2, 0.25) is 0 Å². The predicted molar refractivity (Wildman–Crippen MR) is 98.0 cm³/mol. The number of likely N-dealkylation sites (N-methyl/N-ethyl adjacent to an activating group) is 1. The summed E-state index contributed by atoms with van der Waals surface area (Å²) in [5.41, 5.74) is 1.31. The SMILES string of the molecule is CN(C)CCN(Cc1ccccc1)C(=S)NC1CCCCC1. The Kier molecular flexibility index (Phi) is 7.13. The lowest BCUT2D eigenvalue weighted by Gasteiger charge is -2.31. The fourth-order valence-electron chi connectivity index (χ4n) is 2.89. The van der Waals surface area contributed by atoms with Crippen LogP contribution in [0.15, 0.2) is 30.3 Å². The highest BCUT2D eigenvalue weighted by atomic mass is 32.1. The fourth-order valence-corrected chi connectivity index (χ4v) is 3.21. The maximum Gasteiger partial charge on any atom is 0.169 e. The van der Waals surface area contributed by atoms with Crippen molar-refractivity contribution in [1.29, 1.82) is 0 Å². The number of thiocarbonyl (C=S) groups is 1. The summed E-state index contributed by atoms with van der Waals surface area (Å²) in [6, 6.07) is 11.2. The Hall–Kier alpha value is -1.13. The molecule has 1 aromatic rings. The highest BCUT2D eigenvalue weighted by Crippen LogP contribution is 2.18. The van der Waals surface area contributed by atoms with E-state index < -0.39 is 0 Å². The van der Waals surface area contributed by atoms with E-state index in [1.54, 1.807) is 0 Å². The molecule has 1 aromatic carbocycles. The van der Waals surface area contributed by atoms with Crippen LogP contribution in [0.2, 0.25) is 0 Å². The van der Waals surface area contributed by atoms with Gasteiger partial charge in [-0.3, -0.25) is 0 Å². The lowest BCUT2D eigenvalue weighted by atomic mass is 9.96. The third-order valence-corrected chi connectivity index (χ3v) is 4.63. The van der Waals surface area contributed by atoms with Gasteiger partial charge in [0.15, 0.2) is 5.11 Å². The molecule has 0 atom stereocenters. The standard InChI is InChI=1S/C18H29N3S/c1-20(2)13-14-21(15-16-9-5-3-6-10-16)18(22)19-17-11-7-4-8-12-17/h3,5-6,9-10,17H,4,7-8,11-15H2,1-2H3,(H,19,22). The van der Waals surface area contributed by atoms with Crippen LogP contribution in [0.3, 0.4) is 0 Å². The first kappa shape index (κ1) is 17.2. The Morgan fingerprint density at radius 3 is 2.41 bits per heavy atom. The number of hydrogen-bond donors (Lipinski definition) is 1. The first-order valence-electron chi connectivity index (χ1n) is 8.39. The zero-order valence-electron chi connectivity index (χ0n) is 13.9. The van der Waals surface area contributed by atoms with E-state index in [2.05, 4.69) is 59.5 Å². The van der Waals surface area contributed by atoms with Gasteiger partial charge in [-0.25, -0.2) is 0 Å². The van der Waals surface area contributed by atoms with Crippen LogP contribution in [0, 0.1) is 0 Å². The fraction of sp³-hybridized carbons (Fsp3) is 0.611.